The van der Waals surface area contributed by atoms with Gasteiger partial charge in [0.15, 0.2) is 0 Å². The molecule has 2 aromatic carbocycles. The Morgan fingerprint density at radius 2 is 1.05 bits per heavy atom. The van der Waals surface area contributed by atoms with Crippen LogP contribution in [0, 0.1) is 0 Å². The minimum atomic E-state index is 0.965. The Morgan fingerprint density at radius 1 is 0.600 bits per heavy atom. The maximum atomic E-state index is 4.46. The van der Waals surface area contributed by atoms with E-state index in [2.05, 4.69) is 102 Å². The van der Waals surface area contributed by atoms with Crippen molar-refractivity contribution in [1.29, 1.82) is 0 Å². The molecule has 0 nitrogen and oxygen atoms in total. The molecule has 0 N–H and O–H groups in total. The number of unbranched alkanes of at least 4 members (excludes halogenated alkanes) is 2. The molecule has 210 valence electrons. The van der Waals surface area contributed by atoms with Crippen molar-refractivity contribution in [2.75, 3.05) is 0 Å². The number of rotatable bonds is 17. The van der Waals surface area contributed by atoms with Gasteiger partial charge >= 0.3 is 0 Å². The molecule has 0 aliphatic carbocycles. The monoisotopic (exact) mass is 530 g/mol. The van der Waals surface area contributed by atoms with E-state index >= 15 is 0 Å². The first-order valence-corrected chi connectivity index (χ1v) is 14.6. The van der Waals surface area contributed by atoms with E-state index in [1.165, 1.54) is 39.0 Å². The highest BCUT2D eigenvalue weighted by Crippen LogP contribution is 2.34. The van der Waals surface area contributed by atoms with E-state index in [-0.39, 0.29) is 0 Å². The third-order valence-corrected chi connectivity index (χ3v) is 7.87. The van der Waals surface area contributed by atoms with Gasteiger partial charge < -0.3 is 0 Å². The number of hydrogen-bond donors (Lipinski definition) is 0. The molecule has 0 amide bonds. The van der Waals surface area contributed by atoms with Gasteiger partial charge in [0.25, 0.3) is 0 Å². The average Bonchev–Trinajstić information content (AvgIpc) is 2.95. The van der Waals surface area contributed by atoms with Crippen molar-refractivity contribution in [2.45, 2.75) is 79.1 Å². The summed E-state index contributed by atoms with van der Waals surface area (Å²) < 4.78 is 0. The van der Waals surface area contributed by atoms with Crippen molar-refractivity contribution in [3.05, 3.63) is 133 Å². The molecule has 0 heterocycles. The molecular formula is C40H50. The third kappa shape index (κ3) is 9.23. The second-order valence-corrected chi connectivity index (χ2v) is 11.1. The predicted octanol–water partition coefficient (Wildman–Crippen LogP) is 12.8. The third-order valence-electron chi connectivity index (χ3n) is 7.87. The van der Waals surface area contributed by atoms with Crippen LogP contribution in [0.5, 0.6) is 0 Å². The van der Waals surface area contributed by atoms with Crippen LogP contribution in [0.2, 0.25) is 0 Å². The molecule has 0 aliphatic rings. The Morgan fingerprint density at radius 3 is 1.52 bits per heavy atom. The van der Waals surface area contributed by atoms with Crippen LogP contribution in [0.25, 0.3) is 33.9 Å². The Hall–Kier alpha value is -3.64. The first kappa shape index (κ1) is 32.6. The van der Waals surface area contributed by atoms with Crippen LogP contribution in [0.15, 0.2) is 111 Å². The SMILES string of the molecule is C=Cc1cc(-c2ccc(C(=C)CCCCC(=C)C(=C)C)c(/C(C)=C/C)c2)ccc1C(=C)CCCCC(=C)C(=C)C. The van der Waals surface area contributed by atoms with Gasteiger partial charge in [-0.25, -0.2) is 0 Å². The maximum absolute atomic E-state index is 4.46. The fourth-order valence-electron chi connectivity index (χ4n) is 4.80. The molecule has 2 rings (SSSR count). The minimum Gasteiger partial charge on any atom is -0.0984 e. The Bertz CT molecular complexity index is 1330. The molecule has 40 heavy (non-hydrogen) atoms. The van der Waals surface area contributed by atoms with E-state index in [0.717, 1.165) is 84.8 Å². The fourth-order valence-corrected chi connectivity index (χ4v) is 4.80. The summed E-state index contributed by atoms with van der Waals surface area (Å²) in [6.07, 6.45) is 12.5. The van der Waals surface area contributed by atoms with Gasteiger partial charge in [0, 0.05) is 0 Å². The summed E-state index contributed by atoms with van der Waals surface area (Å²) in [7, 11) is 0. The van der Waals surface area contributed by atoms with Crippen LogP contribution in [-0.2, 0) is 0 Å². The van der Waals surface area contributed by atoms with Crippen LogP contribution in [0.1, 0.15) is 101 Å². The molecule has 0 heteroatoms. The van der Waals surface area contributed by atoms with Crippen LogP contribution >= 0.6 is 0 Å². The zero-order valence-electron chi connectivity index (χ0n) is 25.7. The first-order chi connectivity index (χ1) is 19.0. The van der Waals surface area contributed by atoms with Crippen LogP contribution in [-0.4, -0.2) is 0 Å². The summed E-state index contributed by atoms with van der Waals surface area (Å²) in [6, 6.07) is 13.4. The molecule has 0 fully saturated rings. The second-order valence-electron chi connectivity index (χ2n) is 11.1. The fraction of sp³-hybridized carbons (Fsp3) is 0.300. The van der Waals surface area contributed by atoms with E-state index < -0.39 is 0 Å². The number of benzene rings is 2. The Labute approximate surface area is 245 Å². The molecule has 2 aromatic rings. The zero-order chi connectivity index (χ0) is 29.8. The molecule has 0 unspecified atom stereocenters. The topological polar surface area (TPSA) is 0 Å². The molecule has 0 bridgehead atoms. The van der Waals surface area contributed by atoms with E-state index in [1.807, 2.05) is 19.9 Å². The van der Waals surface area contributed by atoms with Crippen molar-refractivity contribution < 1.29 is 0 Å². The average molecular weight is 531 g/mol. The van der Waals surface area contributed by atoms with Gasteiger partial charge in [-0.3, -0.25) is 0 Å². The van der Waals surface area contributed by atoms with Crippen molar-refractivity contribution >= 4 is 22.8 Å². The highest BCUT2D eigenvalue weighted by atomic mass is 14.2. The van der Waals surface area contributed by atoms with Gasteiger partial charge in [0.2, 0.25) is 0 Å². The summed E-state index contributed by atoms with van der Waals surface area (Å²) >= 11 is 0. The quantitative estimate of drug-likeness (QED) is 0.141. The summed E-state index contributed by atoms with van der Waals surface area (Å²) in [5, 5.41) is 0. The number of allylic oxidation sites excluding steroid dienone is 8. The summed E-state index contributed by atoms with van der Waals surface area (Å²) in [5.74, 6) is 0. The maximum Gasteiger partial charge on any atom is -0.0149 e. The Kier molecular flexibility index (Phi) is 12.9. The second kappa shape index (κ2) is 15.8. The molecule has 0 aliphatic heterocycles. The van der Waals surface area contributed by atoms with Crippen LogP contribution < -0.4 is 0 Å². The summed E-state index contributed by atoms with van der Waals surface area (Å²) in [6.45, 7) is 37.5. The normalized spacial score (nSPS) is 11.2. The van der Waals surface area contributed by atoms with Crippen molar-refractivity contribution in [3.63, 3.8) is 0 Å². The van der Waals surface area contributed by atoms with Gasteiger partial charge in [-0.1, -0.05) is 105 Å². The first-order valence-electron chi connectivity index (χ1n) is 14.6. The highest BCUT2D eigenvalue weighted by molar-refractivity contribution is 5.83. The van der Waals surface area contributed by atoms with Gasteiger partial charge in [-0.2, -0.15) is 0 Å². The highest BCUT2D eigenvalue weighted by Gasteiger charge is 2.12. The van der Waals surface area contributed by atoms with Gasteiger partial charge in [0.1, 0.15) is 0 Å². The van der Waals surface area contributed by atoms with Crippen molar-refractivity contribution in [1.82, 2.24) is 0 Å². The lowest BCUT2D eigenvalue weighted by Gasteiger charge is -2.16. The summed E-state index contributed by atoms with van der Waals surface area (Å²) in [5.41, 5.74) is 15.2. The zero-order valence-corrected chi connectivity index (χ0v) is 25.7. The lowest BCUT2D eigenvalue weighted by atomic mass is 9.88. The van der Waals surface area contributed by atoms with Crippen LogP contribution in [0.4, 0.5) is 0 Å². The Balaban J connectivity index is 2.21. The molecule has 0 radical (unpaired) electrons. The lowest BCUT2D eigenvalue weighted by Crippen LogP contribution is -1.95. The largest absolute Gasteiger partial charge is 0.0984 e. The molecule has 0 saturated heterocycles. The van der Waals surface area contributed by atoms with Gasteiger partial charge in [-0.15, -0.1) is 0 Å². The van der Waals surface area contributed by atoms with E-state index in [9.17, 15) is 0 Å². The minimum absolute atomic E-state index is 0.965. The summed E-state index contributed by atoms with van der Waals surface area (Å²) in [4.78, 5) is 0. The van der Waals surface area contributed by atoms with Gasteiger partial charge in [-0.05, 0) is 141 Å². The van der Waals surface area contributed by atoms with E-state index in [0.29, 0.717) is 0 Å². The van der Waals surface area contributed by atoms with Crippen molar-refractivity contribution in [2.24, 2.45) is 0 Å². The van der Waals surface area contributed by atoms with Crippen molar-refractivity contribution in [3.8, 4) is 11.1 Å². The van der Waals surface area contributed by atoms with E-state index in [4.69, 9.17) is 0 Å². The molecule has 0 aromatic heterocycles. The molecule has 0 saturated carbocycles. The lowest BCUT2D eigenvalue weighted by molar-refractivity contribution is 0.754. The van der Waals surface area contributed by atoms with E-state index in [1.54, 1.807) is 0 Å². The smallest absolute Gasteiger partial charge is 0.0149 e. The van der Waals surface area contributed by atoms with Gasteiger partial charge in [0.05, 0.1) is 0 Å². The number of hydrogen-bond acceptors (Lipinski definition) is 0. The molecule has 0 spiro atoms. The standard InChI is InChI=1S/C40H50/c1-12-30(7)40-27-37(23-25-39(40)34(11)21-17-15-19-32(9)29(5)6)36-22-24-38(35(13-2)26-36)33(10)20-16-14-18-31(8)28(3)4/h12-13,22-27H,2-3,5,8-11,14-21H2,1,4,6-7H3/b30-12+. The molecular weight excluding hydrogens is 480 g/mol. The molecule has 0 atom stereocenters. The van der Waals surface area contributed by atoms with Crippen LogP contribution in [0.3, 0.4) is 0 Å². The predicted molar refractivity (Wildman–Crippen MR) is 184 cm³/mol.